The summed E-state index contributed by atoms with van der Waals surface area (Å²) in [5.41, 5.74) is 1.26. The molecule has 4 rings (SSSR count). The minimum atomic E-state index is -3.99. The van der Waals surface area contributed by atoms with Crippen LogP contribution in [0.1, 0.15) is 16.8 Å². The Kier molecular flexibility index (Phi) is 7.12. The van der Waals surface area contributed by atoms with Crippen LogP contribution in [-0.2, 0) is 11.2 Å². The molecule has 9 nitrogen and oxygen atoms in total. The van der Waals surface area contributed by atoms with Crippen LogP contribution < -0.4 is 15.0 Å². The van der Waals surface area contributed by atoms with E-state index < -0.39 is 36.2 Å². The number of halogens is 4. The molecule has 0 bridgehead atoms. The number of pyridine rings is 1. The van der Waals surface area contributed by atoms with Gasteiger partial charge < -0.3 is 20.1 Å². The monoisotopic (exact) mass is 517 g/mol. The van der Waals surface area contributed by atoms with E-state index in [4.69, 9.17) is 9.84 Å². The number of ether oxygens (including phenoxy) is 1. The summed E-state index contributed by atoms with van der Waals surface area (Å²) in [5.74, 6) is -1.40. The largest absolute Gasteiger partial charge is 0.489 e. The Morgan fingerprint density at radius 3 is 2.86 bits per heavy atom. The van der Waals surface area contributed by atoms with Crippen LogP contribution in [0.2, 0.25) is 0 Å². The highest BCUT2D eigenvalue weighted by atomic mass is 19.3. The number of aliphatic hydroxyl groups is 1. The van der Waals surface area contributed by atoms with Gasteiger partial charge in [0.2, 0.25) is 5.95 Å². The number of alkyl halides is 3. The molecule has 37 heavy (non-hydrogen) atoms. The van der Waals surface area contributed by atoms with Gasteiger partial charge in [-0.15, -0.1) is 0 Å². The van der Waals surface area contributed by atoms with E-state index in [0.717, 1.165) is 9.58 Å². The van der Waals surface area contributed by atoms with Gasteiger partial charge in [0.25, 0.3) is 5.91 Å². The van der Waals surface area contributed by atoms with Crippen LogP contribution in [0.15, 0.2) is 48.8 Å². The van der Waals surface area contributed by atoms with E-state index in [1.807, 2.05) is 0 Å². The molecule has 2 aromatic heterocycles. The van der Waals surface area contributed by atoms with Crippen molar-refractivity contribution in [1.29, 1.82) is 0 Å². The van der Waals surface area contributed by atoms with Gasteiger partial charge in [-0.25, -0.2) is 18.6 Å². The highest BCUT2D eigenvalue weighted by Crippen LogP contribution is 2.31. The number of fused-ring (bicyclic) bond motifs is 1. The standard InChI is InChI=1S/C24H19F4N5O4/c1-32-18-10-14(7-8-24(28,36)22(26)27)5-6-19(18)37-13-17(21(32)34)31-23(35)33-12-15(11-29-33)9-16-3-2-4-20(25)30-16/h2-6,10-12,17,22,36H,9,13H2,1H3,(H,31,35)/t17-,24?/m0/s1. The average Bonchev–Trinajstić information content (AvgIpc) is 3.29. The van der Waals surface area contributed by atoms with E-state index in [0.29, 0.717) is 11.3 Å². The van der Waals surface area contributed by atoms with Gasteiger partial charge in [0.05, 0.1) is 11.9 Å². The second kappa shape index (κ2) is 10.3. The predicted octanol–water partition coefficient (Wildman–Crippen LogP) is 2.26. The molecular weight excluding hydrogens is 498 g/mol. The molecule has 2 amide bonds. The first-order valence-corrected chi connectivity index (χ1v) is 10.8. The zero-order valence-corrected chi connectivity index (χ0v) is 19.2. The number of carbonyl (C=O) groups is 2. The topological polar surface area (TPSA) is 110 Å². The van der Waals surface area contributed by atoms with E-state index in [9.17, 15) is 27.2 Å². The number of likely N-dealkylation sites (N-methyl/N-ethyl adjacent to an activating group) is 1. The predicted molar refractivity (Wildman–Crippen MR) is 121 cm³/mol. The van der Waals surface area contributed by atoms with E-state index in [1.54, 1.807) is 6.07 Å². The van der Waals surface area contributed by atoms with Crippen molar-refractivity contribution in [1.82, 2.24) is 20.1 Å². The number of carbonyl (C=O) groups excluding carboxylic acids is 2. The molecule has 0 aliphatic carbocycles. The zero-order chi connectivity index (χ0) is 26.7. The third-order valence-electron chi connectivity index (χ3n) is 5.33. The van der Waals surface area contributed by atoms with Gasteiger partial charge in [0.15, 0.2) is 0 Å². The number of hydrogen-bond acceptors (Lipinski definition) is 6. The first-order chi connectivity index (χ1) is 17.5. The zero-order valence-electron chi connectivity index (χ0n) is 19.2. The molecule has 0 saturated carbocycles. The van der Waals surface area contributed by atoms with E-state index in [2.05, 4.69) is 21.3 Å². The van der Waals surface area contributed by atoms with Gasteiger partial charge in [-0.3, -0.25) is 4.79 Å². The fraction of sp³-hybridized carbons (Fsp3) is 0.250. The van der Waals surface area contributed by atoms with Gasteiger partial charge in [0.1, 0.15) is 18.4 Å². The summed E-state index contributed by atoms with van der Waals surface area (Å²) in [7, 11) is 1.40. The van der Waals surface area contributed by atoms with Crippen LogP contribution in [-0.4, -0.2) is 63.8 Å². The Balaban J connectivity index is 1.45. The molecule has 0 spiro atoms. The molecule has 1 aromatic carbocycles. The lowest BCUT2D eigenvalue weighted by atomic mass is 10.1. The normalized spacial score (nSPS) is 16.7. The van der Waals surface area contributed by atoms with Gasteiger partial charge in [-0.05, 0) is 41.8 Å². The highest BCUT2D eigenvalue weighted by molar-refractivity contribution is 6.00. The Morgan fingerprint density at radius 2 is 2.14 bits per heavy atom. The third-order valence-corrected chi connectivity index (χ3v) is 5.33. The van der Waals surface area contributed by atoms with Crippen LogP contribution >= 0.6 is 0 Å². The maximum absolute atomic E-state index is 13.4. The molecule has 0 radical (unpaired) electrons. The molecule has 1 unspecified atom stereocenters. The van der Waals surface area contributed by atoms with Crippen LogP contribution in [0.5, 0.6) is 5.75 Å². The van der Waals surface area contributed by atoms with Crippen molar-refractivity contribution in [3.63, 3.8) is 0 Å². The summed E-state index contributed by atoms with van der Waals surface area (Å²) in [4.78, 5) is 30.6. The summed E-state index contributed by atoms with van der Waals surface area (Å²) < 4.78 is 58.2. The van der Waals surface area contributed by atoms with Crippen molar-refractivity contribution in [3.05, 3.63) is 71.6 Å². The number of hydrogen-bond donors (Lipinski definition) is 2. The van der Waals surface area contributed by atoms with E-state index in [-0.39, 0.29) is 30.0 Å². The molecule has 3 heterocycles. The summed E-state index contributed by atoms with van der Waals surface area (Å²) >= 11 is 0. The van der Waals surface area contributed by atoms with Crippen LogP contribution in [0.25, 0.3) is 0 Å². The molecule has 1 aliphatic heterocycles. The quantitative estimate of drug-likeness (QED) is 0.312. The maximum Gasteiger partial charge on any atom is 0.342 e. The average molecular weight is 517 g/mol. The number of anilines is 1. The molecule has 0 fully saturated rings. The van der Waals surface area contributed by atoms with Crippen molar-refractivity contribution in [2.75, 3.05) is 18.6 Å². The number of aromatic nitrogens is 3. The molecule has 3 aromatic rings. The van der Waals surface area contributed by atoms with Gasteiger partial charge in [-0.1, -0.05) is 12.0 Å². The first-order valence-electron chi connectivity index (χ1n) is 10.8. The lowest BCUT2D eigenvalue weighted by Gasteiger charge is -2.20. The summed E-state index contributed by atoms with van der Waals surface area (Å²) in [6.07, 6.45) is -0.661. The fourth-order valence-corrected chi connectivity index (χ4v) is 3.43. The molecule has 13 heteroatoms. The highest BCUT2D eigenvalue weighted by Gasteiger charge is 2.36. The minimum absolute atomic E-state index is 0.0399. The molecule has 2 atom stereocenters. The maximum atomic E-state index is 13.4. The first kappa shape index (κ1) is 25.6. The number of nitrogens with zero attached hydrogens (tertiary/aromatic N) is 4. The van der Waals surface area contributed by atoms with Gasteiger partial charge in [-0.2, -0.15) is 18.6 Å². The summed E-state index contributed by atoms with van der Waals surface area (Å²) in [6, 6.07) is 6.55. The number of amides is 2. The van der Waals surface area contributed by atoms with Crippen molar-refractivity contribution in [3.8, 4) is 17.6 Å². The smallest absolute Gasteiger partial charge is 0.342 e. The van der Waals surface area contributed by atoms with Gasteiger partial charge >= 0.3 is 18.3 Å². The van der Waals surface area contributed by atoms with Crippen molar-refractivity contribution >= 4 is 17.6 Å². The molecule has 0 saturated heterocycles. The number of rotatable bonds is 4. The molecule has 1 aliphatic rings. The van der Waals surface area contributed by atoms with Crippen LogP contribution in [0.3, 0.4) is 0 Å². The Hall–Kier alpha value is -4.44. The van der Waals surface area contributed by atoms with Crippen molar-refractivity contribution < 1.29 is 37.0 Å². The summed E-state index contributed by atoms with van der Waals surface area (Å²) in [5, 5.41) is 15.5. The summed E-state index contributed by atoms with van der Waals surface area (Å²) in [6.45, 7) is -0.232. The third kappa shape index (κ3) is 5.87. The molecule has 2 N–H and O–H groups in total. The second-order valence-electron chi connectivity index (χ2n) is 8.04. The van der Waals surface area contributed by atoms with Crippen molar-refractivity contribution in [2.24, 2.45) is 0 Å². The second-order valence-corrected chi connectivity index (χ2v) is 8.04. The van der Waals surface area contributed by atoms with Gasteiger partial charge in [0, 0.05) is 30.9 Å². The molecular formula is C24H19F4N5O4. The number of benzene rings is 1. The Labute approximate surface area is 207 Å². The Morgan fingerprint density at radius 1 is 1.35 bits per heavy atom. The SMILES string of the molecule is CN1C(=O)[C@@H](NC(=O)n2cc(Cc3cccc(F)n3)cn2)COc2ccc(C#CC(O)(F)C(F)F)cc21. The lowest BCUT2D eigenvalue weighted by Crippen LogP contribution is -2.50. The van der Waals surface area contributed by atoms with Crippen LogP contribution in [0.4, 0.5) is 28.0 Å². The van der Waals surface area contributed by atoms with E-state index >= 15 is 0 Å². The number of nitrogens with one attached hydrogen (secondary N) is 1. The fourth-order valence-electron chi connectivity index (χ4n) is 3.43. The molecule has 192 valence electrons. The minimum Gasteiger partial charge on any atom is -0.489 e. The van der Waals surface area contributed by atoms with Crippen molar-refractivity contribution in [2.45, 2.75) is 24.7 Å². The van der Waals surface area contributed by atoms with E-state index in [1.165, 1.54) is 55.7 Å². The lowest BCUT2D eigenvalue weighted by molar-refractivity contribution is -0.141. The van der Waals surface area contributed by atoms with Crippen LogP contribution in [0, 0.1) is 17.8 Å². The Bertz CT molecular complexity index is 1400.